The molecule has 2 heterocycles. The Morgan fingerprint density at radius 1 is 1.20 bits per heavy atom. The van der Waals surface area contributed by atoms with Gasteiger partial charge < -0.3 is 5.32 Å². The minimum Gasteiger partial charge on any atom is -0.323 e. The minimum absolute atomic E-state index is 0.0121. The van der Waals surface area contributed by atoms with E-state index in [1.54, 1.807) is 23.0 Å². The minimum atomic E-state index is -4.50. The first-order valence-electron chi connectivity index (χ1n) is 9.49. The summed E-state index contributed by atoms with van der Waals surface area (Å²) in [7, 11) is 0. The van der Waals surface area contributed by atoms with E-state index < -0.39 is 11.9 Å². The summed E-state index contributed by atoms with van der Waals surface area (Å²) in [4.78, 5) is 12.2. The highest BCUT2D eigenvalue weighted by Crippen LogP contribution is 2.42. The van der Waals surface area contributed by atoms with Crippen LogP contribution in [0, 0.1) is 5.82 Å². The molecule has 1 aliphatic rings. The van der Waals surface area contributed by atoms with Crippen LogP contribution in [0.4, 0.5) is 23.2 Å². The van der Waals surface area contributed by atoms with Crippen molar-refractivity contribution < 1.29 is 22.4 Å². The van der Waals surface area contributed by atoms with Crippen molar-refractivity contribution in [3.63, 3.8) is 0 Å². The summed E-state index contributed by atoms with van der Waals surface area (Å²) < 4.78 is 54.7. The number of halogens is 4. The Morgan fingerprint density at radius 2 is 1.93 bits per heavy atom. The van der Waals surface area contributed by atoms with Crippen LogP contribution in [-0.2, 0) is 24.1 Å². The molecule has 1 N–H and O–H groups in total. The number of aryl methyl sites for hydroxylation is 1. The maximum Gasteiger partial charge on any atom is 0.435 e. The van der Waals surface area contributed by atoms with Crippen LogP contribution < -0.4 is 5.32 Å². The molecule has 1 aliphatic carbocycles. The third-order valence-electron chi connectivity index (χ3n) is 4.82. The van der Waals surface area contributed by atoms with Crippen LogP contribution in [0.1, 0.15) is 42.1 Å². The molecular weight excluding hydrogens is 402 g/mol. The van der Waals surface area contributed by atoms with E-state index >= 15 is 0 Å². The predicted octanol–water partition coefficient (Wildman–Crippen LogP) is 4.19. The molecule has 1 fully saturated rings. The van der Waals surface area contributed by atoms with E-state index in [0.29, 0.717) is 17.9 Å². The van der Waals surface area contributed by atoms with Gasteiger partial charge in [-0.3, -0.25) is 14.2 Å². The van der Waals surface area contributed by atoms with Gasteiger partial charge >= 0.3 is 6.18 Å². The summed E-state index contributed by atoms with van der Waals surface area (Å²) in [5, 5.41) is 10.5. The Labute approximate surface area is 169 Å². The van der Waals surface area contributed by atoms with Crippen molar-refractivity contribution in [2.24, 2.45) is 0 Å². The highest BCUT2D eigenvalue weighted by molar-refractivity contribution is 5.90. The highest BCUT2D eigenvalue weighted by atomic mass is 19.4. The van der Waals surface area contributed by atoms with Crippen molar-refractivity contribution >= 4 is 11.6 Å². The zero-order valence-corrected chi connectivity index (χ0v) is 15.9. The lowest BCUT2D eigenvalue weighted by molar-refractivity contribution is -0.141. The van der Waals surface area contributed by atoms with E-state index in [1.807, 2.05) is 0 Å². The molecular formula is C20H19F4N5O. The van der Waals surface area contributed by atoms with Crippen LogP contribution in [0.3, 0.4) is 0 Å². The summed E-state index contributed by atoms with van der Waals surface area (Å²) in [6.45, 7) is 0.478. The number of hydrogen-bond donors (Lipinski definition) is 1. The van der Waals surface area contributed by atoms with E-state index in [2.05, 4.69) is 15.5 Å². The normalized spacial score (nSPS) is 14.1. The number of amides is 1. The highest BCUT2D eigenvalue weighted by Gasteiger charge is 2.37. The monoisotopic (exact) mass is 421 g/mol. The van der Waals surface area contributed by atoms with Crippen LogP contribution in [0.25, 0.3) is 0 Å². The number of nitrogens with one attached hydrogen (secondary N) is 1. The molecule has 2 aromatic heterocycles. The van der Waals surface area contributed by atoms with E-state index in [1.165, 1.54) is 23.0 Å². The van der Waals surface area contributed by atoms with Gasteiger partial charge in [0, 0.05) is 30.8 Å². The van der Waals surface area contributed by atoms with Gasteiger partial charge in [-0.25, -0.2) is 4.39 Å². The van der Waals surface area contributed by atoms with E-state index in [9.17, 15) is 22.4 Å². The topological polar surface area (TPSA) is 64.7 Å². The maximum atomic E-state index is 13.0. The van der Waals surface area contributed by atoms with Gasteiger partial charge in [-0.15, -0.1) is 0 Å². The largest absolute Gasteiger partial charge is 0.435 e. The number of benzene rings is 1. The third kappa shape index (κ3) is 4.87. The molecule has 30 heavy (non-hydrogen) atoms. The number of alkyl halides is 3. The number of carbonyl (C=O) groups excluding carboxylic acids is 1. The molecule has 0 radical (unpaired) electrons. The first-order chi connectivity index (χ1) is 14.3. The molecule has 4 rings (SSSR count). The van der Waals surface area contributed by atoms with Crippen molar-refractivity contribution in [3.8, 4) is 0 Å². The predicted molar refractivity (Wildman–Crippen MR) is 100 cm³/mol. The second kappa shape index (κ2) is 7.92. The van der Waals surface area contributed by atoms with Gasteiger partial charge in [0.15, 0.2) is 5.69 Å². The van der Waals surface area contributed by atoms with Gasteiger partial charge in [-0.2, -0.15) is 23.4 Å². The van der Waals surface area contributed by atoms with E-state index in [0.717, 1.165) is 24.5 Å². The fourth-order valence-corrected chi connectivity index (χ4v) is 3.18. The van der Waals surface area contributed by atoms with Gasteiger partial charge in [0.05, 0.1) is 18.4 Å². The summed E-state index contributed by atoms with van der Waals surface area (Å²) in [6, 6.07) is 7.08. The lowest BCUT2D eigenvalue weighted by Gasteiger charge is -2.07. The number of nitrogens with zero attached hydrogens (tertiary/aromatic N) is 4. The molecule has 0 aliphatic heterocycles. The molecule has 158 valence electrons. The van der Waals surface area contributed by atoms with Crippen LogP contribution in [0.5, 0.6) is 0 Å². The van der Waals surface area contributed by atoms with E-state index in [4.69, 9.17) is 0 Å². The molecule has 1 aromatic carbocycles. The Hall–Kier alpha value is -3.17. The Morgan fingerprint density at radius 3 is 2.60 bits per heavy atom. The van der Waals surface area contributed by atoms with Gasteiger partial charge in [0.2, 0.25) is 5.91 Å². The molecule has 0 unspecified atom stereocenters. The Balaban J connectivity index is 1.34. The molecule has 0 bridgehead atoms. The first kappa shape index (κ1) is 20.1. The maximum absolute atomic E-state index is 13.0. The Bertz CT molecular complexity index is 1030. The van der Waals surface area contributed by atoms with Crippen molar-refractivity contribution in [2.75, 3.05) is 5.32 Å². The second-order valence-corrected chi connectivity index (χ2v) is 7.30. The first-order valence-corrected chi connectivity index (χ1v) is 9.49. The zero-order chi connectivity index (χ0) is 21.3. The van der Waals surface area contributed by atoms with Gasteiger partial charge in [-0.1, -0.05) is 12.1 Å². The lowest BCUT2D eigenvalue weighted by atomic mass is 10.2. The summed E-state index contributed by atoms with van der Waals surface area (Å²) in [6.07, 6.45) is 0.266. The summed E-state index contributed by atoms with van der Waals surface area (Å²) in [5.41, 5.74) is 0.930. The lowest BCUT2D eigenvalue weighted by Crippen LogP contribution is -2.16. The smallest absolute Gasteiger partial charge is 0.323 e. The number of carbonyl (C=O) groups is 1. The average Bonchev–Trinajstić information content (AvgIpc) is 3.28. The number of hydrogen-bond acceptors (Lipinski definition) is 3. The quantitative estimate of drug-likeness (QED) is 0.582. The average molecular weight is 421 g/mol. The fraction of sp³-hybridized carbons (Fsp3) is 0.350. The van der Waals surface area contributed by atoms with E-state index in [-0.39, 0.29) is 30.6 Å². The van der Waals surface area contributed by atoms with Gasteiger partial charge in [0.1, 0.15) is 5.82 Å². The van der Waals surface area contributed by atoms with Crippen LogP contribution >= 0.6 is 0 Å². The van der Waals surface area contributed by atoms with Crippen molar-refractivity contribution in [3.05, 3.63) is 65.5 Å². The van der Waals surface area contributed by atoms with Crippen LogP contribution in [-0.4, -0.2) is 25.5 Å². The van der Waals surface area contributed by atoms with Gasteiger partial charge in [0.25, 0.3) is 0 Å². The fourth-order valence-electron chi connectivity index (χ4n) is 3.18. The molecule has 0 spiro atoms. The molecule has 6 nitrogen and oxygen atoms in total. The number of anilines is 1. The van der Waals surface area contributed by atoms with Crippen molar-refractivity contribution in [1.29, 1.82) is 0 Å². The molecule has 1 amide bonds. The third-order valence-corrected chi connectivity index (χ3v) is 4.82. The SMILES string of the molecule is O=C(CCn1nc(C(F)(F)F)cc1C1CC1)Nc1cnn(Cc2ccc(F)cc2)c1. The number of aromatic nitrogens is 4. The Kier molecular flexibility index (Phi) is 5.31. The van der Waals surface area contributed by atoms with Crippen LogP contribution in [0.15, 0.2) is 42.7 Å². The molecule has 3 aromatic rings. The molecule has 10 heteroatoms. The second-order valence-electron chi connectivity index (χ2n) is 7.30. The molecule has 0 saturated heterocycles. The standard InChI is InChI=1S/C20H19F4N5O/c21-15-5-1-13(2-6-15)11-28-12-16(10-25-28)26-19(30)7-8-29-17(14-3-4-14)9-18(27-29)20(22,23)24/h1-2,5-6,9-10,12,14H,3-4,7-8,11H2,(H,26,30). The van der Waals surface area contributed by atoms with Crippen molar-refractivity contribution in [2.45, 2.75) is 44.4 Å². The summed E-state index contributed by atoms with van der Waals surface area (Å²) >= 11 is 0. The summed E-state index contributed by atoms with van der Waals surface area (Å²) in [5.74, 6) is -0.583. The number of rotatable bonds is 7. The molecule has 0 atom stereocenters. The zero-order valence-electron chi connectivity index (χ0n) is 15.9. The molecule has 1 saturated carbocycles. The van der Waals surface area contributed by atoms with Crippen molar-refractivity contribution in [1.82, 2.24) is 19.6 Å². The van der Waals surface area contributed by atoms with Crippen LogP contribution in [0.2, 0.25) is 0 Å². The van der Waals surface area contributed by atoms with Gasteiger partial charge in [-0.05, 0) is 36.6 Å².